The van der Waals surface area contributed by atoms with Crippen LogP contribution in [0, 0.1) is 0 Å². The van der Waals surface area contributed by atoms with E-state index in [1.807, 2.05) is 6.07 Å². The smallest absolute Gasteiger partial charge is 0.307 e. The first-order chi connectivity index (χ1) is 9.25. The molecule has 19 heavy (non-hydrogen) atoms. The van der Waals surface area contributed by atoms with Crippen molar-refractivity contribution < 1.29 is 9.53 Å². The summed E-state index contributed by atoms with van der Waals surface area (Å²) in [5.41, 5.74) is 5.33. The minimum atomic E-state index is -0.207. The summed E-state index contributed by atoms with van der Waals surface area (Å²) in [4.78, 5) is 11.2. The molecule has 0 heterocycles. The molecule has 1 fully saturated rings. The van der Waals surface area contributed by atoms with Crippen LogP contribution < -0.4 is 0 Å². The molecule has 0 unspecified atom stereocenters. The van der Waals surface area contributed by atoms with Gasteiger partial charge in [0.15, 0.2) is 0 Å². The zero-order valence-electron chi connectivity index (χ0n) is 11.2. The molecule has 1 aromatic carbocycles. The normalized spacial score (nSPS) is 18.6. The molecule has 2 heteroatoms. The van der Waals surface area contributed by atoms with Crippen molar-refractivity contribution in [2.45, 2.75) is 39.0 Å². The van der Waals surface area contributed by atoms with Gasteiger partial charge in [-0.3, -0.25) is 4.79 Å². The van der Waals surface area contributed by atoms with Gasteiger partial charge >= 0.3 is 5.97 Å². The van der Waals surface area contributed by atoms with Crippen LogP contribution in [0.2, 0.25) is 0 Å². The van der Waals surface area contributed by atoms with Gasteiger partial charge in [-0.25, -0.2) is 0 Å². The van der Waals surface area contributed by atoms with Crippen molar-refractivity contribution in [3.8, 4) is 0 Å². The van der Waals surface area contributed by atoms with Crippen LogP contribution in [-0.4, -0.2) is 5.97 Å². The maximum absolute atomic E-state index is 11.2. The van der Waals surface area contributed by atoms with Gasteiger partial charge < -0.3 is 4.74 Å². The molecule has 0 spiro atoms. The predicted octanol–water partition coefficient (Wildman–Crippen LogP) is 4.24. The van der Waals surface area contributed by atoms with E-state index in [9.17, 15) is 4.79 Å². The average molecular weight is 254 g/mol. The topological polar surface area (TPSA) is 26.3 Å². The van der Waals surface area contributed by atoms with Gasteiger partial charge in [0, 0.05) is 13.3 Å². The molecule has 0 aliphatic heterocycles. The van der Waals surface area contributed by atoms with E-state index in [-0.39, 0.29) is 5.97 Å². The Morgan fingerprint density at radius 3 is 2.37 bits per heavy atom. The molecular weight excluding hydrogens is 236 g/mol. The maximum atomic E-state index is 11.2. The van der Waals surface area contributed by atoms with Crippen molar-refractivity contribution in [3.05, 3.63) is 52.8 Å². The monoisotopic (exact) mass is 254 g/mol. The Labute approximate surface area is 113 Å². The minimum Gasteiger partial charge on any atom is -0.431 e. The van der Waals surface area contributed by atoms with E-state index in [0.717, 1.165) is 25.0 Å². The van der Waals surface area contributed by atoms with Gasteiger partial charge in [0.25, 0.3) is 0 Å². The third kappa shape index (κ3) is 2.35. The first kappa shape index (κ1) is 12.2. The van der Waals surface area contributed by atoms with Crippen molar-refractivity contribution in [2.24, 2.45) is 0 Å². The standard InChI is InChI=1S/C17H18O2/c1-12(18)19-17-11-16(13-7-3-2-4-8-13)14-9-5-6-10-15(14)17/h2-4,7-8H,5-6,9-11H2,1H3. The number of esters is 1. The summed E-state index contributed by atoms with van der Waals surface area (Å²) in [6, 6.07) is 10.5. The third-order valence-corrected chi connectivity index (χ3v) is 3.90. The van der Waals surface area contributed by atoms with Crippen LogP contribution in [-0.2, 0) is 9.53 Å². The molecule has 0 saturated heterocycles. The quantitative estimate of drug-likeness (QED) is 0.738. The number of ether oxygens (including phenoxy) is 1. The first-order valence-corrected chi connectivity index (χ1v) is 6.94. The third-order valence-electron chi connectivity index (χ3n) is 3.90. The summed E-state index contributed by atoms with van der Waals surface area (Å²) in [5, 5.41) is 0. The van der Waals surface area contributed by atoms with Crippen molar-refractivity contribution in [1.82, 2.24) is 0 Å². The largest absolute Gasteiger partial charge is 0.431 e. The summed E-state index contributed by atoms with van der Waals surface area (Å²) >= 11 is 0. The van der Waals surface area contributed by atoms with Crippen molar-refractivity contribution in [3.63, 3.8) is 0 Å². The summed E-state index contributed by atoms with van der Waals surface area (Å²) in [6.07, 6.45) is 5.38. The molecule has 2 nitrogen and oxygen atoms in total. The molecule has 2 aliphatic rings. The van der Waals surface area contributed by atoms with E-state index in [2.05, 4.69) is 24.3 Å². The summed E-state index contributed by atoms with van der Waals surface area (Å²) in [7, 11) is 0. The van der Waals surface area contributed by atoms with Gasteiger partial charge in [0.05, 0.1) is 0 Å². The number of carbonyl (C=O) groups is 1. The summed E-state index contributed by atoms with van der Waals surface area (Å²) < 4.78 is 5.43. The zero-order chi connectivity index (χ0) is 13.2. The van der Waals surface area contributed by atoms with Crippen molar-refractivity contribution in [1.29, 1.82) is 0 Å². The van der Waals surface area contributed by atoms with Crippen LogP contribution in [0.15, 0.2) is 47.2 Å². The second-order valence-corrected chi connectivity index (χ2v) is 5.20. The Balaban J connectivity index is 1.98. The second kappa shape index (κ2) is 5.04. The van der Waals surface area contributed by atoms with E-state index in [0.29, 0.717) is 0 Å². The number of hydrogen-bond acceptors (Lipinski definition) is 2. The molecule has 0 amide bonds. The Morgan fingerprint density at radius 2 is 1.68 bits per heavy atom. The van der Waals surface area contributed by atoms with Gasteiger partial charge in [0.2, 0.25) is 0 Å². The lowest BCUT2D eigenvalue weighted by Gasteiger charge is -2.17. The molecule has 0 N–H and O–H groups in total. The molecule has 2 aliphatic carbocycles. The highest BCUT2D eigenvalue weighted by Gasteiger charge is 2.28. The Bertz CT molecular complexity index is 564. The highest BCUT2D eigenvalue weighted by atomic mass is 16.5. The van der Waals surface area contributed by atoms with E-state index >= 15 is 0 Å². The van der Waals surface area contributed by atoms with E-state index in [1.165, 1.54) is 42.0 Å². The van der Waals surface area contributed by atoms with Crippen LogP contribution >= 0.6 is 0 Å². The lowest BCUT2D eigenvalue weighted by molar-refractivity contribution is -0.137. The number of rotatable bonds is 2. The number of carbonyl (C=O) groups excluding carboxylic acids is 1. The van der Waals surface area contributed by atoms with Crippen LogP contribution in [0.1, 0.15) is 44.6 Å². The molecule has 1 saturated carbocycles. The SMILES string of the molecule is CC(=O)OC1=C2CCCCC2=C(c2ccccc2)C1. The molecule has 98 valence electrons. The lowest BCUT2D eigenvalue weighted by Crippen LogP contribution is -2.02. The molecule has 0 atom stereocenters. The van der Waals surface area contributed by atoms with Crippen molar-refractivity contribution >= 4 is 11.5 Å². The molecule has 0 radical (unpaired) electrons. The first-order valence-electron chi connectivity index (χ1n) is 6.94. The fraction of sp³-hybridized carbons (Fsp3) is 0.353. The van der Waals surface area contributed by atoms with Gasteiger partial charge in [0.1, 0.15) is 5.76 Å². The molecule has 1 aromatic rings. The van der Waals surface area contributed by atoms with E-state index in [4.69, 9.17) is 4.74 Å². The Kier molecular flexibility index (Phi) is 3.24. The van der Waals surface area contributed by atoms with Crippen LogP contribution in [0.5, 0.6) is 0 Å². The van der Waals surface area contributed by atoms with Crippen LogP contribution in [0.3, 0.4) is 0 Å². The summed E-state index contributed by atoms with van der Waals surface area (Å²) in [5.74, 6) is 0.683. The minimum absolute atomic E-state index is 0.207. The second-order valence-electron chi connectivity index (χ2n) is 5.20. The fourth-order valence-corrected chi connectivity index (χ4v) is 3.11. The number of fused-ring (bicyclic) bond motifs is 1. The van der Waals surface area contributed by atoms with Gasteiger partial charge in [-0.05, 0) is 48.0 Å². The zero-order valence-corrected chi connectivity index (χ0v) is 11.2. The Morgan fingerprint density at radius 1 is 1.00 bits per heavy atom. The van der Waals surface area contributed by atoms with Gasteiger partial charge in [-0.2, -0.15) is 0 Å². The summed E-state index contributed by atoms with van der Waals surface area (Å²) in [6.45, 7) is 1.48. The highest BCUT2D eigenvalue weighted by molar-refractivity contribution is 5.80. The lowest BCUT2D eigenvalue weighted by atomic mass is 9.88. The van der Waals surface area contributed by atoms with Crippen molar-refractivity contribution in [2.75, 3.05) is 0 Å². The van der Waals surface area contributed by atoms with Crippen LogP contribution in [0.25, 0.3) is 5.57 Å². The number of benzene rings is 1. The maximum Gasteiger partial charge on any atom is 0.307 e. The Hall–Kier alpha value is -1.83. The van der Waals surface area contributed by atoms with E-state index in [1.54, 1.807) is 0 Å². The highest BCUT2D eigenvalue weighted by Crippen LogP contribution is 2.45. The number of allylic oxidation sites excluding steroid dienone is 3. The predicted molar refractivity (Wildman–Crippen MR) is 75.2 cm³/mol. The molecule has 0 aromatic heterocycles. The van der Waals surface area contributed by atoms with E-state index < -0.39 is 0 Å². The van der Waals surface area contributed by atoms with Gasteiger partial charge in [-0.15, -0.1) is 0 Å². The number of hydrogen-bond donors (Lipinski definition) is 0. The molecule has 0 bridgehead atoms. The molecular formula is C17H18O2. The fourth-order valence-electron chi connectivity index (χ4n) is 3.11. The van der Waals surface area contributed by atoms with Gasteiger partial charge in [-0.1, -0.05) is 30.3 Å². The molecule has 3 rings (SSSR count). The van der Waals surface area contributed by atoms with Crippen LogP contribution in [0.4, 0.5) is 0 Å². The average Bonchev–Trinajstić information content (AvgIpc) is 2.78.